The summed E-state index contributed by atoms with van der Waals surface area (Å²) in [6, 6.07) is 17.8. The summed E-state index contributed by atoms with van der Waals surface area (Å²) in [6.07, 6.45) is 1.44. The normalized spacial score (nSPS) is 10.9. The maximum absolute atomic E-state index is 13.1. The smallest absolute Gasteiger partial charge is 0.266 e. The van der Waals surface area contributed by atoms with Crippen molar-refractivity contribution in [3.8, 4) is 17.6 Å². The molecule has 0 radical (unpaired) electrons. The lowest BCUT2D eigenvalue weighted by atomic mass is 10.1. The highest BCUT2D eigenvalue weighted by Gasteiger charge is 2.14. The van der Waals surface area contributed by atoms with E-state index >= 15 is 0 Å². The van der Waals surface area contributed by atoms with E-state index in [1.165, 1.54) is 25.3 Å². The van der Waals surface area contributed by atoms with Gasteiger partial charge in [-0.05, 0) is 59.7 Å². The first-order valence-electron chi connectivity index (χ1n) is 9.33. The third-order valence-corrected chi connectivity index (χ3v) is 5.26. The van der Waals surface area contributed by atoms with Crippen molar-refractivity contribution in [2.45, 2.75) is 6.61 Å². The number of rotatable bonds is 7. The second-order valence-corrected chi connectivity index (χ2v) is 7.86. The summed E-state index contributed by atoms with van der Waals surface area (Å²) < 4.78 is 24.9. The SMILES string of the molecule is COc1cc(/C=C(\C#N)C(=O)Nc2cccc(Cl)c2)c(Br)cc1OCc1ccc(F)cc1. The number of halogens is 3. The molecule has 3 rings (SSSR count). The number of anilines is 1. The molecule has 1 amide bonds. The zero-order chi connectivity index (χ0) is 23.1. The third-order valence-electron chi connectivity index (χ3n) is 4.34. The van der Waals surface area contributed by atoms with Gasteiger partial charge in [0.15, 0.2) is 11.5 Å². The number of amides is 1. The molecule has 0 heterocycles. The fraction of sp³-hybridized carbons (Fsp3) is 0.0833. The second kappa shape index (κ2) is 10.8. The average molecular weight is 516 g/mol. The molecular weight excluding hydrogens is 499 g/mol. The lowest BCUT2D eigenvalue weighted by Crippen LogP contribution is -2.13. The molecule has 8 heteroatoms. The number of nitrogens with one attached hydrogen (secondary N) is 1. The molecule has 0 aromatic heterocycles. The van der Waals surface area contributed by atoms with Crippen molar-refractivity contribution in [2.75, 3.05) is 12.4 Å². The van der Waals surface area contributed by atoms with Gasteiger partial charge in [0.1, 0.15) is 24.1 Å². The molecule has 5 nitrogen and oxygen atoms in total. The summed E-state index contributed by atoms with van der Waals surface area (Å²) in [7, 11) is 1.48. The largest absolute Gasteiger partial charge is 0.493 e. The van der Waals surface area contributed by atoms with Gasteiger partial charge in [-0.25, -0.2) is 4.39 Å². The Morgan fingerprint density at radius 2 is 1.94 bits per heavy atom. The Bertz CT molecular complexity index is 1210. The first kappa shape index (κ1) is 23.3. The van der Waals surface area contributed by atoms with Gasteiger partial charge in [-0.1, -0.05) is 45.7 Å². The molecule has 0 unspecified atom stereocenters. The predicted octanol–water partition coefficient (Wildman–Crippen LogP) is 6.37. The van der Waals surface area contributed by atoms with Gasteiger partial charge in [0.05, 0.1) is 7.11 Å². The molecule has 3 aromatic rings. The van der Waals surface area contributed by atoms with Gasteiger partial charge in [-0.2, -0.15) is 5.26 Å². The van der Waals surface area contributed by atoms with Gasteiger partial charge in [0.2, 0.25) is 0 Å². The van der Waals surface area contributed by atoms with Crippen molar-refractivity contribution in [1.82, 2.24) is 0 Å². The molecule has 0 saturated heterocycles. The minimum absolute atomic E-state index is 0.104. The lowest BCUT2D eigenvalue weighted by Gasteiger charge is -2.13. The average Bonchev–Trinajstić information content (AvgIpc) is 2.78. The molecule has 0 aliphatic rings. The van der Waals surface area contributed by atoms with E-state index in [0.29, 0.717) is 32.2 Å². The van der Waals surface area contributed by atoms with Crippen LogP contribution >= 0.6 is 27.5 Å². The van der Waals surface area contributed by atoms with Crippen molar-refractivity contribution >= 4 is 45.2 Å². The molecule has 0 bridgehead atoms. The lowest BCUT2D eigenvalue weighted by molar-refractivity contribution is -0.112. The van der Waals surface area contributed by atoms with Crippen LogP contribution in [-0.4, -0.2) is 13.0 Å². The molecular formula is C24H17BrClFN2O3. The summed E-state index contributed by atoms with van der Waals surface area (Å²) in [5.41, 5.74) is 1.71. The zero-order valence-corrected chi connectivity index (χ0v) is 19.2. The number of nitriles is 1. The first-order valence-corrected chi connectivity index (χ1v) is 10.5. The predicted molar refractivity (Wildman–Crippen MR) is 125 cm³/mol. The molecule has 162 valence electrons. The number of carbonyl (C=O) groups excluding carboxylic acids is 1. The fourth-order valence-electron chi connectivity index (χ4n) is 2.74. The van der Waals surface area contributed by atoms with Gasteiger partial charge >= 0.3 is 0 Å². The van der Waals surface area contributed by atoms with Crippen LogP contribution in [0.2, 0.25) is 5.02 Å². The highest BCUT2D eigenvalue weighted by molar-refractivity contribution is 9.10. The summed E-state index contributed by atoms with van der Waals surface area (Å²) in [6.45, 7) is 0.212. The van der Waals surface area contributed by atoms with Crippen molar-refractivity contribution in [3.63, 3.8) is 0 Å². The van der Waals surface area contributed by atoms with Crippen LogP contribution in [0.3, 0.4) is 0 Å². The van der Waals surface area contributed by atoms with E-state index in [9.17, 15) is 14.4 Å². The number of hydrogen-bond acceptors (Lipinski definition) is 4. The quantitative estimate of drug-likeness (QED) is 0.293. The van der Waals surface area contributed by atoms with Gasteiger partial charge in [0.25, 0.3) is 5.91 Å². The zero-order valence-electron chi connectivity index (χ0n) is 16.9. The van der Waals surface area contributed by atoms with Crippen LogP contribution in [0.15, 0.2) is 70.7 Å². The van der Waals surface area contributed by atoms with Crippen molar-refractivity contribution in [1.29, 1.82) is 5.26 Å². The van der Waals surface area contributed by atoms with E-state index in [2.05, 4.69) is 21.2 Å². The summed E-state index contributed by atoms with van der Waals surface area (Å²) in [5, 5.41) is 12.6. The number of benzene rings is 3. The topological polar surface area (TPSA) is 71.3 Å². The first-order chi connectivity index (χ1) is 15.4. The van der Waals surface area contributed by atoms with Crippen LogP contribution in [0, 0.1) is 17.1 Å². The van der Waals surface area contributed by atoms with Crippen LogP contribution in [0.5, 0.6) is 11.5 Å². The second-order valence-electron chi connectivity index (χ2n) is 6.57. The van der Waals surface area contributed by atoms with E-state index in [0.717, 1.165) is 5.56 Å². The van der Waals surface area contributed by atoms with Gasteiger partial charge in [-0.15, -0.1) is 0 Å². The molecule has 0 fully saturated rings. The molecule has 3 aromatic carbocycles. The van der Waals surface area contributed by atoms with E-state index in [4.69, 9.17) is 21.1 Å². The molecule has 0 spiro atoms. The number of methoxy groups -OCH3 is 1. The Morgan fingerprint density at radius 1 is 1.19 bits per heavy atom. The van der Waals surface area contributed by atoms with Gasteiger partial charge in [0, 0.05) is 15.2 Å². The number of ether oxygens (including phenoxy) is 2. The minimum atomic E-state index is -0.572. The summed E-state index contributed by atoms with van der Waals surface area (Å²) in [4.78, 5) is 12.5. The standard InChI is InChI=1S/C24H17BrClFN2O3/c1-31-22-10-16(9-17(13-28)24(30)29-20-4-2-3-18(26)11-20)21(25)12-23(22)32-14-15-5-7-19(27)8-6-15/h2-12H,14H2,1H3,(H,29,30)/b17-9+. The van der Waals surface area contributed by atoms with Crippen LogP contribution in [0.1, 0.15) is 11.1 Å². The number of nitrogens with zero attached hydrogens (tertiary/aromatic N) is 1. The van der Waals surface area contributed by atoms with E-state index in [1.54, 1.807) is 48.5 Å². The maximum Gasteiger partial charge on any atom is 0.266 e. The van der Waals surface area contributed by atoms with Crippen LogP contribution in [0.4, 0.5) is 10.1 Å². The fourth-order valence-corrected chi connectivity index (χ4v) is 3.37. The number of hydrogen-bond donors (Lipinski definition) is 1. The summed E-state index contributed by atoms with van der Waals surface area (Å²) >= 11 is 9.37. The van der Waals surface area contributed by atoms with E-state index in [-0.39, 0.29) is 18.0 Å². The molecule has 32 heavy (non-hydrogen) atoms. The number of carbonyl (C=O) groups is 1. The monoisotopic (exact) mass is 514 g/mol. The highest BCUT2D eigenvalue weighted by atomic mass is 79.9. The van der Waals surface area contributed by atoms with Crippen molar-refractivity contribution in [2.24, 2.45) is 0 Å². The Morgan fingerprint density at radius 3 is 2.59 bits per heavy atom. The minimum Gasteiger partial charge on any atom is -0.493 e. The van der Waals surface area contributed by atoms with Gasteiger partial charge < -0.3 is 14.8 Å². The molecule has 0 aliphatic heterocycles. The molecule has 0 aliphatic carbocycles. The van der Waals surface area contributed by atoms with Crippen LogP contribution < -0.4 is 14.8 Å². The molecule has 0 saturated carbocycles. The Balaban J connectivity index is 1.81. The summed E-state index contributed by atoms with van der Waals surface area (Å²) in [5.74, 6) is -0.0352. The Kier molecular flexibility index (Phi) is 7.87. The van der Waals surface area contributed by atoms with Crippen LogP contribution in [-0.2, 0) is 11.4 Å². The highest BCUT2D eigenvalue weighted by Crippen LogP contribution is 2.35. The Hall–Kier alpha value is -3.34. The third kappa shape index (κ3) is 6.10. The molecule has 1 N–H and O–H groups in total. The molecule has 0 atom stereocenters. The van der Waals surface area contributed by atoms with Crippen molar-refractivity contribution in [3.05, 3.63) is 92.7 Å². The van der Waals surface area contributed by atoms with E-state index in [1.807, 2.05) is 6.07 Å². The van der Waals surface area contributed by atoms with Gasteiger partial charge in [-0.3, -0.25) is 4.79 Å². The van der Waals surface area contributed by atoms with Crippen molar-refractivity contribution < 1.29 is 18.7 Å². The maximum atomic E-state index is 13.1. The Labute approximate surface area is 198 Å². The van der Waals surface area contributed by atoms with Crippen LogP contribution in [0.25, 0.3) is 6.08 Å². The van der Waals surface area contributed by atoms with E-state index < -0.39 is 5.91 Å².